The SMILES string of the molecule is CCCNOCCCN. The van der Waals surface area contributed by atoms with Crippen LogP contribution in [-0.2, 0) is 4.84 Å². The van der Waals surface area contributed by atoms with Crippen molar-refractivity contribution >= 4 is 0 Å². The summed E-state index contributed by atoms with van der Waals surface area (Å²) in [5, 5.41) is 0. The summed E-state index contributed by atoms with van der Waals surface area (Å²) in [6.45, 7) is 4.44. The van der Waals surface area contributed by atoms with Crippen LogP contribution >= 0.6 is 0 Å². The summed E-state index contributed by atoms with van der Waals surface area (Å²) in [6, 6.07) is 0. The molecule has 0 heterocycles. The zero-order valence-corrected chi connectivity index (χ0v) is 6.02. The number of hydrogen-bond donors (Lipinski definition) is 2. The maximum Gasteiger partial charge on any atom is 0.0694 e. The van der Waals surface area contributed by atoms with Gasteiger partial charge in [-0.1, -0.05) is 6.92 Å². The molecule has 3 N–H and O–H groups in total. The van der Waals surface area contributed by atoms with Crippen LogP contribution in [0, 0.1) is 0 Å². The minimum absolute atomic E-state index is 0.702. The number of nitrogens with one attached hydrogen (secondary N) is 1. The minimum atomic E-state index is 0.702. The highest BCUT2D eigenvalue weighted by molar-refractivity contribution is 4.33. The molecule has 0 bridgehead atoms. The van der Waals surface area contributed by atoms with Gasteiger partial charge >= 0.3 is 0 Å². The van der Waals surface area contributed by atoms with Gasteiger partial charge in [0, 0.05) is 6.54 Å². The Labute approximate surface area is 56.5 Å². The first-order valence-electron chi connectivity index (χ1n) is 3.46. The number of rotatable bonds is 6. The van der Waals surface area contributed by atoms with Crippen molar-refractivity contribution in [3.63, 3.8) is 0 Å². The molecule has 56 valence electrons. The topological polar surface area (TPSA) is 47.3 Å². The molecule has 0 aliphatic rings. The quantitative estimate of drug-likeness (QED) is 0.403. The molecule has 0 aromatic rings. The molecule has 0 aromatic heterocycles. The molecule has 0 fully saturated rings. The Morgan fingerprint density at radius 3 is 2.89 bits per heavy atom. The Bertz CT molecular complexity index is 44.3. The molecule has 0 radical (unpaired) electrons. The maximum absolute atomic E-state index is 5.24. The van der Waals surface area contributed by atoms with Crippen molar-refractivity contribution in [2.45, 2.75) is 19.8 Å². The lowest BCUT2D eigenvalue weighted by Gasteiger charge is -2.01. The third-order valence-corrected chi connectivity index (χ3v) is 0.905. The van der Waals surface area contributed by atoms with E-state index in [1.54, 1.807) is 0 Å². The molecule has 9 heavy (non-hydrogen) atoms. The summed E-state index contributed by atoms with van der Waals surface area (Å²) < 4.78 is 0. The minimum Gasteiger partial charge on any atom is -0.330 e. The van der Waals surface area contributed by atoms with E-state index in [1.807, 2.05) is 0 Å². The van der Waals surface area contributed by atoms with Crippen molar-refractivity contribution in [1.82, 2.24) is 5.48 Å². The van der Waals surface area contributed by atoms with Crippen molar-refractivity contribution in [3.8, 4) is 0 Å². The monoisotopic (exact) mass is 132 g/mol. The van der Waals surface area contributed by atoms with E-state index in [1.165, 1.54) is 0 Å². The number of hydrogen-bond acceptors (Lipinski definition) is 3. The van der Waals surface area contributed by atoms with Crippen LogP contribution in [-0.4, -0.2) is 19.7 Å². The van der Waals surface area contributed by atoms with E-state index in [4.69, 9.17) is 10.6 Å². The average molecular weight is 132 g/mol. The van der Waals surface area contributed by atoms with Crippen molar-refractivity contribution < 1.29 is 4.84 Å². The highest BCUT2D eigenvalue weighted by Gasteiger charge is 1.83. The second-order valence-electron chi connectivity index (χ2n) is 1.89. The van der Waals surface area contributed by atoms with Crippen molar-refractivity contribution in [1.29, 1.82) is 0 Å². The maximum atomic E-state index is 5.24. The van der Waals surface area contributed by atoms with Crippen molar-refractivity contribution in [3.05, 3.63) is 0 Å². The normalized spacial score (nSPS) is 10.0. The predicted molar refractivity (Wildman–Crippen MR) is 37.9 cm³/mol. The molecule has 0 unspecified atom stereocenters. The Hall–Kier alpha value is -0.120. The molecular formula is C6H16N2O. The summed E-state index contributed by atoms with van der Waals surface area (Å²) >= 11 is 0. The van der Waals surface area contributed by atoms with Crippen LogP contribution in [0.3, 0.4) is 0 Å². The van der Waals surface area contributed by atoms with Gasteiger partial charge in [-0.05, 0) is 19.4 Å². The van der Waals surface area contributed by atoms with E-state index >= 15 is 0 Å². The summed E-state index contributed by atoms with van der Waals surface area (Å²) in [7, 11) is 0. The first-order valence-corrected chi connectivity index (χ1v) is 3.46. The van der Waals surface area contributed by atoms with Gasteiger partial charge in [0.15, 0.2) is 0 Å². The zero-order chi connectivity index (χ0) is 6.95. The molecule has 0 saturated carbocycles. The van der Waals surface area contributed by atoms with E-state index in [0.29, 0.717) is 6.54 Å². The highest BCUT2D eigenvalue weighted by atomic mass is 16.6. The van der Waals surface area contributed by atoms with Crippen LogP contribution in [0.1, 0.15) is 19.8 Å². The van der Waals surface area contributed by atoms with Gasteiger partial charge < -0.3 is 10.6 Å². The molecule has 0 atom stereocenters. The lowest BCUT2D eigenvalue weighted by molar-refractivity contribution is 0.0409. The van der Waals surface area contributed by atoms with Crippen LogP contribution in [0.5, 0.6) is 0 Å². The van der Waals surface area contributed by atoms with Gasteiger partial charge in [0.25, 0.3) is 0 Å². The standard InChI is InChI=1S/C6H16N2O/c1-2-5-8-9-6-3-4-7/h8H,2-7H2,1H3. The van der Waals surface area contributed by atoms with Gasteiger partial charge in [0.2, 0.25) is 0 Å². The van der Waals surface area contributed by atoms with E-state index in [9.17, 15) is 0 Å². The van der Waals surface area contributed by atoms with Gasteiger partial charge in [-0.25, -0.2) is 5.48 Å². The molecule has 3 nitrogen and oxygen atoms in total. The lowest BCUT2D eigenvalue weighted by atomic mass is 10.5. The highest BCUT2D eigenvalue weighted by Crippen LogP contribution is 1.75. The van der Waals surface area contributed by atoms with E-state index in [0.717, 1.165) is 26.0 Å². The zero-order valence-electron chi connectivity index (χ0n) is 6.02. The van der Waals surface area contributed by atoms with Gasteiger partial charge in [0.05, 0.1) is 6.61 Å². The second-order valence-corrected chi connectivity index (χ2v) is 1.89. The average Bonchev–Trinajstić information content (AvgIpc) is 1.89. The van der Waals surface area contributed by atoms with Crippen LogP contribution in [0.4, 0.5) is 0 Å². The van der Waals surface area contributed by atoms with Crippen LogP contribution in [0.15, 0.2) is 0 Å². The Morgan fingerprint density at radius 1 is 1.56 bits per heavy atom. The van der Waals surface area contributed by atoms with Crippen molar-refractivity contribution in [2.24, 2.45) is 5.73 Å². The third-order valence-electron chi connectivity index (χ3n) is 0.905. The smallest absolute Gasteiger partial charge is 0.0694 e. The molecule has 0 saturated heterocycles. The van der Waals surface area contributed by atoms with Crippen LogP contribution < -0.4 is 11.2 Å². The fourth-order valence-corrected chi connectivity index (χ4v) is 0.402. The fraction of sp³-hybridized carbons (Fsp3) is 1.00. The number of hydroxylamine groups is 1. The molecule has 0 amide bonds. The third kappa shape index (κ3) is 7.88. The summed E-state index contributed by atoms with van der Waals surface area (Å²) in [4.78, 5) is 4.98. The molecule has 3 heteroatoms. The summed E-state index contributed by atoms with van der Waals surface area (Å²) in [6.07, 6.45) is 2.03. The van der Waals surface area contributed by atoms with Crippen molar-refractivity contribution in [2.75, 3.05) is 19.7 Å². The number of nitrogens with two attached hydrogens (primary N) is 1. The van der Waals surface area contributed by atoms with Crippen LogP contribution in [0.2, 0.25) is 0 Å². The molecule has 0 rings (SSSR count). The first kappa shape index (κ1) is 8.88. The Balaban J connectivity index is 2.60. The fourth-order valence-electron chi connectivity index (χ4n) is 0.402. The largest absolute Gasteiger partial charge is 0.330 e. The molecule has 0 aliphatic heterocycles. The van der Waals surface area contributed by atoms with E-state index in [2.05, 4.69) is 12.4 Å². The molecule has 0 aliphatic carbocycles. The lowest BCUT2D eigenvalue weighted by Crippen LogP contribution is -2.17. The van der Waals surface area contributed by atoms with Crippen LogP contribution in [0.25, 0.3) is 0 Å². The van der Waals surface area contributed by atoms with E-state index in [-0.39, 0.29) is 0 Å². The van der Waals surface area contributed by atoms with Gasteiger partial charge in [0.1, 0.15) is 0 Å². The molecule has 0 spiro atoms. The Kier molecular flexibility index (Phi) is 7.77. The first-order chi connectivity index (χ1) is 4.41. The molecule has 0 aromatic carbocycles. The van der Waals surface area contributed by atoms with Gasteiger partial charge in [-0.15, -0.1) is 0 Å². The summed E-state index contributed by atoms with van der Waals surface area (Å²) in [5.74, 6) is 0. The van der Waals surface area contributed by atoms with Gasteiger partial charge in [-0.3, -0.25) is 0 Å². The summed E-state index contributed by atoms with van der Waals surface area (Å²) in [5.41, 5.74) is 8.05. The van der Waals surface area contributed by atoms with E-state index < -0.39 is 0 Å². The molecular weight excluding hydrogens is 116 g/mol. The second kappa shape index (κ2) is 7.88. The van der Waals surface area contributed by atoms with Gasteiger partial charge in [-0.2, -0.15) is 0 Å². The Morgan fingerprint density at radius 2 is 2.33 bits per heavy atom. The predicted octanol–water partition coefficient (Wildman–Crippen LogP) is 0.266.